The molecular weight excluding hydrogens is 550 g/mol. The zero-order valence-electron chi connectivity index (χ0n) is 28.1. The second-order valence-electron chi connectivity index (χ2n) is 9.71. The molecule has 0 aliphatic heterocycles. The van der Waals surface area contributed by atoms with E-state index >= 15 is 0 Å². The fraction of sp³-hybridized carbons (Fsp3) is 0.500. The number of allylic oxidation sites excluding steroid dienone is 9. The van der Waals surface area contributed by atoms with Gasteiger partial charge < -0.3 is 14.8 Å². The predicted molar refractivity (Wildman–Crippen MR) is 185 cm³/mol. The van der Waals surface area contributed by atoms with Crippen molar-refractivity contribution in [1.29, 1.82) is 0 Å². The van der Waals surface area contributed by atoms with Crippen molar-refractivity contribution in [1.82, 2.24) is 5.32 Å². The van der Waals surface area contributed by atoms with E-state index in [9.17, 15) is 14.4 Å². The van der Waals surface area contributed by atoms with E-state index in [1.165, 1.54) is 38.5 Å². The van der Waals surface area contributed by atoms with E-state index in [1.54, 1.807) is 6.08 Å². The lowest BCUT2D eigenvalue weighted by molar-refractivity contribution is -0.168. The monoisotopic (exact) mass is 609 g/mol. The Morgan fingerprint density at radius 1 is 0.886 bits per heavy atom. The molecule has 0 aromatic heterocycles. The average Bonchev–Trinajstić information content (AvgIpc) is 3.07. The van der Waals surface area contributed by atoms with Crippen molar-refractivity contribution in [2.75, 3.05) is 6.54 Å². The van der Waals surface area contributed by atoms with Gasteiger partial charge in [-0.1, -0.05) is 158 Å². The first-order chi connectivity index (χ1) is 21.5. The highest BCUT2D eigenvalue weighted by molar-refractivity contribution is 5.84. The van der Waals surface area contributed by atoms with Crippen LogP contribution in [0.5, 0.6) is 0 Å². The lowest BCUT2D eigenvalue weighted by Gasteiger charge is -2.16. The van der Waals surface area contributed by atoms with Crippen LogP contribution in [0.4, 0.5) is 0 Å². The fourth-order valence-corrected chi connectivity index (χ4v) is 3.68. The molecule has 0 radical (unpaired) electrons. The molecule has 1 aromatic rings. The Hall–Kier alpha value is -3.67. The molecule has 6 nitrogen and oxygen atoms in total. The van der Waals surface area contributed by atoms with Gasteiger partial charge in [0.15, 0.2) is 6.10 Å². The Kier molecular flexibility index (Phi) is 32.6. The second-order valence-corrected chi connectivity index (χ2v) is 9.71. The lowest BCUT2D eigenvalue weighted by Crippen LogP contribution is -2.35. The third kappa shape index (κ3) is 28.4. The standard InChI is InChI=1S/C23H31NO5.C7H10.C6H12.C2H6/c1-3-5-6-7-8-12-16-20(29-22(26)17-24-21(25)13-4-2)23(27)28-18-19-14-10-9-11-15-19;1-3-5-7-6-4-2;1-2-4-6-5-3-1;1-2/h5-11,14-15,20H,3-4,12-13,16-18H2,1-2H3,(H,24,25);3-7H,1H2,2H3;1-6H2;1-2H3/b6-5-,8-7-;6-4-,7-5-;;/t20-;;;/m1.../s1. The molecule has 2 rings (SSSR count). The molecule has 1 aliphatic rings. The fourth-order valence-electron chi connectivity index (χ4n) is 3.68. The van der Waals surface area contributed by atoms with E-state index < -0.39 is 18.0 Å². The van der Waals surface area contributed by atoms with Crippen LogP contribution in [0, 0.1) is 0 Å². The molecule has 1 aromatic carbocycles. The van der Waals surface area contributed by atoms with Gasteiger partial charge in [0, 0.05) is 6.42 Å². The lowest BCUT2D eigenvalue weighted by atomic mass is 10.0. The van der Waals surface area contributed by atoms with Crippen LogP contribution in [0.25, 0.3) is 0 Å². The average molecular weight is 610 g/mol. The van der Waals surface area contributed by atoms with Gasteiger partial charge in [0.1, 0.15) is 13.2 Å². The molecule has 0 saturated heterocycles. The molecule has 1 saturated carbocycles. The number of hydrogen-bond donors (Lipinski definition) is 1. The minimum Gasteiger partial charge on any atom is -0.458 e. The Bertz CT molecular complexity index is 947. The van der Waals surface area contributed by atoms with Gasteiger partial charge in [-0.25, -0.2) is 4.79 Å². The minimum absolute atomic E-state index is 0.107. The maximum absolute atomic E-state index is 12.4. The number of rotatable bonds is 15. The van der Waals surface area contributed by atoms with Crippen LogP contribution >= 0.6 is 0 Å². The van der Waals surface area contributed by atoms with Gasteiger partial charge in [0.2, 0.25) is 5.91 Å². The molecule has 1 N–H and O–H groups in total. The third-order valence-corrected chi connectivity index (χ3v) is 5.93. The van der Waals surface area contributed by atoms with Crippen LogP contribution in [-0.4, -0.2) is 30.5 Å². The Morgan fingerprint density at radius 3 is 2.05 bits per heavy atom. The molecule has 0 spiro atoms. The van der Waals surface area contributed by atoms with Crippen molar-refractivity contribution in [2.45, 2.75) is 118 Å². The predicted octanol–water partition coefficient (Wildman–Crippen LogP) is 9.53. The second kappa shape index (κ2) is 33.8. The normalized spacial score (nSPS) is 13.1. The minimum atomic E-state index is -1.02. The molecule has 246 valence electrons. The van der Waals surface area contributed by atoms with Gasteiger partial charge in [0.25, 0.3) is 0 Å². The van der Waals surface area contributed by atoms with Crippen LogP contribution in [0.3, 0.4) is 0 Å². The summed E-state index contributed by atoms with van der Waals surface area (Å²) >= 11 is 0. The summed E-state index contributed by atoms with van der Waals surface area (Å²) in [4.78, 5) is 36.0. The Labute approximate surface area is 268 Å². The van der Waals surface area contributed by atoms with Gasteiger partial charge in [0.05, 0.1) is 0 Å². The smallest absolute Gasteiger partial charge is 0.347 e. The number of carbonyl (C=O) groups excluding carboxylic acids is 3. The van der Waals surface area contributed by atoms with Crippen molar-refractivity contribution < 1.29 is 23.9 Å². The van der Waals surface area contributed by atoms with Crippen LogP contribution in [0.15, 0.2) is 91.6 Å². The largest absolute Gasteiger partial charge is 0.458 e. The van der Waals surface area contributed by atoms with Gasteiger partial charge in [-0.05, 0) is 38.2 Å². The zero-order valence-corrected chi connectivity index (χ0v) is 28.1. The highest BCUT2D eigenvalue weighted by atomic mass is 16.6. The summed E-state index contributed by atoms with van der Waals surface area (Å²) in [7, 11) is 0. The van der Waals surface area contributed by atoms with E-state index in [-0.39, 0.29) is 19.1 Å². The van der Waals surface area contributed by atoms with E-state index in [4.69, 9.17) is 9.47 Å². The molecule has 6 heteroatoms. The van der Waals surface area contributed by atoms with Gasteiger partial charge in [-0.2, -0.15) is 0 Å². The molecule has 1 aliphatic carbocycles. The summed E-state index contributed by atoms with van der Waals surface area (Å²) in [5.41, 5.74) is 0.849. The number of nitrogens with one attached hydrogen (secondary N) is 1. The molecule has 1 fully saturated rings. The van der Waals surface area contributed by atoms with Gasteiger partial charge in [-0.3, -0.25) is 9.59 Å². The van der Waals surface area contributed by atoms with Crippen molar-refractivity contribution in [3.05, 3.63) is 97.2 Å². The summed E-state index contributed by atoms with van der Waals surface area (Å²) in [6, 6.07) is 9.28. The third-order valence-electron chi connectivity index (χ3n) is 5.93. The Morgan fingerprint density at radius 2 is 1.50 bits per heavy atom. The first kappa shape index (κ1) is 42.5. The van der Waals surface area contributed by atoms with Crippen LogP contribution in [0.2, 0.25) is 0 Å². The summed E-state index contributed by atoms with van der Waals surface area (Å²) in [5.74, 6) is -1.48. The van der Waals surface area contributed by atoms with Crippen LogP contribution < -0.4 is 5.32 Å². The number of esters is 2. The SMILES string of the molecule is C1CCCCC1.C=C/C=C\C=C/C.CC.CC/C=C\C=C/CC[C@@H](OC(=O)CNC(=O)CCC)C(=O)OCc1ccccc1. The van der Waals surface area contributed by atoms with Gasteiger partial charge >= 0.3 is 11.9 Å². The molecule has 1 amide bonds. The van der Waals surface area contributed by atoms with Crippen molar-refractivity contribution in [2.24, 2.45) is 0 Å². The molecule has 1 atom stereocenters. The van der Waals surface area contributed by atoms with E-state index in [0.717, 1.165) is 12.0 Å². The molecule has 0 unspecified atom stereocenters. The quantitative estimate of drug-likeness (QED) is 0.158. The van der Waals surface area contributed by atoms with E-state index in [1.807, 2.05) is 114 Å². The summed E-state index contributed by atoms with van der Waals surface area (Å²) in [6.45, 7) is 13.2. The topological polar surface area (TPSA) is 81.7 Å². The molecule has 0 bridgehead atoms. The molecule has 44 heavy (non-hydrogen) atoms. The van der Waals surface area contributed by atoms with Crippen LogP contribution in [-0.2, 0) is 30.5 Å². The van der Waals surface area contributed by atoms with E-state index in [0.29, 0.717) is 25.7 Å². The first-order valence-corrected chi connectivity index (χ1v) is 16.4. The highest BCUT2D eigenvalue weighted by Gasteiger charge is 2.24. The van der Waals surface area contributed by atoms with Crippen molar-refractivity contribution >= 4 is 17.8 Å². The number of ether oxygens (including phenoxy) is 2. The molecular formula is C38H59NO5. The zero-order chi connectivity index (χ0) is 33.1. The van der Waals surface area contributed by atoms with Crippen molar-refractivity contribution in [3.63, 3.8) is 0 Å². The van der Waals surface area contributed by atoms with E-state index in [2.05, 4.69) is 11.9 Å². The number of benzene rings is 1. The molecule has 0 heterocycles. The Balaban J connectivity index is 0. The number of carbonyl (C=O) groups is 3. The highest BCUT2D eigenvalue weighted by Crippen LogP contribution is 2.15. The van der Waals surface area contributed by atoms with Crippen LogP contribution in [0.1, 0.15) is 111 Å². The van der Waals surface area contributed by atoms with Gasteiger partial charge in [-0.15, -0.1) is 0 Å². The summed E-state index contributed by atoms with van der Waals surface area (Å²) < 4.78 is 10.6. The maximum Gasteiger partial charge on any atom is 0.347 e. The summed E-state index contributed by atoms with van der Waals surface area (Å²) in [6.07, 6.45) is 28.1. The maximum atomic E-state index is 12.4. The first-order valence-electron chi connectivity index (χ1n) is 16.4. The number of amides is 1. The number of hydrogen-bond acceptors (Lipinski definition) is 5. The summed E-state index contributed by atoms with van der Waals surface area (Å²) in [5, 5.41) is 2.49. The van der Waals surface area contributed by atoms with Crippen molar-refractivity contribution in [3.8, 4) is 0 Å².